The van der Waals surface area contributed by atoms with Gasteiger partial charge in [0, 0.05) is 18.8 Å². The summed E-state index contributed by atoms with van der Waals surface area (Å²) in [6.45, 7) is 4.21. The number of nitriles is 1. The van der Waals surface area contributed by atoms with E-state index in [1.807, 2.05) is 12.1 Å². The van der Waals surface area contributed by atoms with Crippen molar-refractivity contribution in [3.63, 3.8) is 0 Å². The lowest BCUT2D eigenvalue weighted by Crippen LogP contribution is -2.34. The highest BCUT2D eigenvalue weighted by atomic mass is 15.3. The van der Waals surface area contributed by atoms with E-state index in [0.717, 1.165) is 37.5 Å². The first-order valence-electron chi connectivity index (χ1n) is 7.46. The maximum atomic E-state index is 8.94. The second-order valence-electron chi connectivity index (χ2n) is 5.63. The third-order valence-electron chi connectivity index (χ3n) is 3.88. The Hall–Kier alpha value is -2.68. The van der Waals surface area contributed by atoms with E-state index in [2.05, 4.69) is 38.4 Å². The number of nitrogens with zero attached hydrogens (tertiary/aromatic N) is 5. The molecule has 0 spiro atoms. The number of aromatic nitrogens is 3. The van der Waals surface area contributed by atoms with Gasteiger partial charge in [0.15, 0.2) is 5.82 Å². The van der Waals surface area contributed by atoms with Crippen molar-refractivity contribution in [3.05, 3.63) is 36.0 Å². The van der Waals surface area contributed by atoms with Gasteiger partial charge in [0.1, 0.15) is 0 Å². The topological polar surface area (TPSA) is 77.7 Å². The molecule has 2 heterocycles. The number of piperidine rings is 1. The number of hydrogen-bond acceptors (Lipinski definition) is 6. The minimum atomic E-state index is 0.609. The van der Waals surface area contributed by atoms with Crippen LogP contribution in [0.25, 0.3) is 0 Å². The molecule has 1 aromatic carbocycles. The maximum Gasteiger partial charge on any atom is 0.247 e. The van der Waals surface area contributed by atoms with Gasteiger partial charge in [0.25, 0.3) is 0 Å². The van der Waals surface area contributed by atoms with Gasteiger partial charge < -0.3 is 10.2 Å². The van der Waals surface area contributed by atoms with Crippen molar-refractivity contribution in [1.29, 1.82) is 5.26 Å². The number of rotatable bonds is 3. The molecule has 22 heavy (non-hydrogen) atoms. The Labute approximate surface area is 129 Å². The summed E-state index contributed by atoms with van der Waals surface area (Å²) in [5.41, 5.74) is 1.43. The summed E-state index contributed by atoms with van der Waals surface area (Å²) in [7, 11) is 0. The van der Waals surface area contributed by atoms with Crippen molar-refractivity contribution in [2.45, 2.75) is 19.8 Å². The van der Waals surface area contributed by atoms with Gasteiger partial charge in [-0.2, -0.15) is 15.3 Å². The van der Waals surface area contributed by atoms with Gasteiger partial charge in [-0.3, -0.25) is 0 Å². The summed E-state index contributed by atoms with van der Waals surface area (Å²) in [5, 5.41) is 20.3. The molecule has 0 bridgehead atoms. The van der Waals surface area contributed by atoms with Crippen LogP contribution in [0, 0.1) is 17.2 Å². The summed E-state index contributed by atoms with van der Waals surface area (Å²) in [6, 6.07) is 9.40. The summed E-state index contributed by atoms with van der Waals surface area (Å²) in [6.07, 6.45) is 3.91. The van der Waals surface area contributed by atoms with Gasteiger partial charge in [0.05, 0.1) is 17.8 Å². The van der Waals surface area contributed by atoms with Crippen molar-refractivity contribution < 1.29 is 0 Å². The standard InChI is InChI=1S/C16H18N6/c1-12-5-7-22(8-6-12)16-20-15(11-18-21-16)19-14-4-2-3-13(9-14)10-17/h2-4,9,11-12H,5-8H2,1H3,(H,19,20,21). The van der Waals surface area contributed by atoms with Gasteiger partial charge >= 0.3 is 0 Å². The number of anilines is 3. The molecule has 1 aliphatic heterocycles. The van der Waals surface area contributed by atoms with Crippen LogP contribution in [0.4, 0.5) is 17.5 Å². The van der Waals surface area contributed by atoms with E-state index in [4.69, 9.17) is 5.26 Å². The minimum absolute atomic E-state index is 0.609. The molecule has 112 valence electrons. The van der Waals surface area contributed by atoms with Gasteiger partial charge in [0.2, 0.25) is 5.95 Å². The van der Waals surface area contributed by atoms with Crippen molar-refractivity contribution in [2.24, 2.45) is 5.92 Å². The molecular weight excluding hydrogens is 276 g/mol. The number of hydrogen-bond donors (Lipinski definition) is 1. The molecule has 0 unspecified atom stereocenters. The summed E-state index contributed by atoms with van der Waals surface area (Å²) < 4.78 is 0. The van der Waals surface area contributed by atoms with E-state index >= 15 is 0 Å². The normalized spacial score (nSPS) is 15.4. The van der Waals surface area contributed by atoms with Crippen molar-refractivity contribution >= 4 is 17.5 Å². The van der Waals surface area contributed by atoms with E-state index in [1.165, 1.54) is 0 Å². The maximum absolute atomic E-state index is 8.94. The van der Waals surface area contributed by atoms with Crippen LogP contribution in [0.5, 0.6) is 0 Å². The van der Waals surface area contributed by atoms with Crippen LogP contribution in [-0.4, -0.2) is 28.3 Å². The molecular formula is C16H18N6. The lowest BCUT2D eigenvalue weighted by molar-refractivity contribution is 0.433. The molecule has 1 saturated heterocycles. The first-order valence-corrected chi connectivity index (χ1v) is 7.46. The van der Waals surface area contributed by atoms with Crippen LogP contribution in [0.3, 0.4) is 0 Å². The van der Waals surface area contributed by atoms with E-state index < -0.39 is 0 Å². The lowest BCUT2D eigenvalue weighted by Gasteiger charge is -2.29. The van der Waals surface area contributed by atoms with E-state index in [1.54, 1.807) is 18.3 Å². The highest BCUT2D eigenvalue weighted by Gasteiger charge is 2.18. The van der Waals surface area contributed by atoms with Crippen LogP contribution in [0.15, 0.2) is 30.5 Å². The van der Waals surface area contributed by atoms with Crippen LogP contribution in [0.1, 0.15) is 25.3 Å². The van der Waals surface area contributed by atoms with Crippen molar-refractivity contribution in [2.75, 3.05) is 23.3 Å². The molecule has 6 nitrogen and oxygen atoms in total. The molecule has 0 radical (unpaired) electrons. The Balaban J connectivity index is 1.75. The first kappa shape index (κ1) is 14.3. The zero-order valence-corrected chi connectivity index (χ0v) is 12.5. The fraction of sp³-hybridized carbons (Fsp3) is 0.375. The van der Waals surface area contributed by atoms with Crippen LogP contribution in [-0.2, 0) is 0 Å². The second-order valence-corrected chi connectivity index (χ2v) is 5.63. The Kier molecular flexibility index (Phi) is 4.15. The Morgan fingerprint density at radius 2 is 2.14 bits per heavy atom. The molecule has 6 heteroatoms. The zero-order valence-electron chi connectivity index (χ0n) is 12.5. The summed E-state index contributed by atoms with van der Waals surface area (Å²) in [5.74, 6) is 2.06. The third kappa shape index (κ3) is 3.31. The first-order chi connectivity index (χ1) is 10.7. The van der Waals surface area contributed by atoms with Crippen LogP contribution in [0.2, 0.25) is 0 Å². The highest BCUT2D eigenvalue weighted by Crippen LogP contribution is 2.21. The van der Waals surface area contributed by atoms with E-state index in [0.29, 0.717) is 17.3 Å². The SMILES string of the molecule is CC1CCN(c2nncc(Nc3cccc(C#N)c3)n2)CC1. The molecule has 0 atom stereocenters. The Bertz CT molecular complexity index is 685. The van der Waals surface area contributed by atoms with Crippen LogP contribution >= 0.6 is 0 Å². The van der Waals surface area contributed by atoms with Crippen molar-refractivity contribution in [3.8, 4) is 6.07 Å². The Morgan fingerprint density at radius 1 is 1.32 bits per heavy atom. The van der Waals surface area contributed by atoms with Gasteiger partial charge in [-0.15, -0.1) is 5.10 Å². The zero-order chi connectivity index (χ0) is 15.4. The molecule has 1 aliphatic rings. The minimum Gasteiger partial charge on any atom is -0.339 e. The molecule has 1 aromatic heterocycles. The quantitative estimate of drug-likeness (QED) is 0.937. The lowest BCUT2D eigenvalue weighted by atomic mass is 10.00. The fourth-order valence-corrected chi connectivity index (χ4v) is 2.51. The molecule has 3 rings (SSSR count). The average Bonchev–Trinajstić information content (AvgIpc) is 2.56. The average molecular weight is 294 g/mol. The fourth-order valence-electron chi connectivity index (χ4n) is 2.51. The van der Waals surface area contributed by atoms with Gasteiger partial charge in [-0.1, -0.05) is 13.0 Å². The molecule has 1 N–H and O–H groups in total. The van der Waals surface area contributed by atoms with Crippen molar-refractivity contribution in [1.82, 2.24) is 15.2 Å². The summed E-state index contributed by atoms with van der Waals surface area (Å²) in [4.78, 5) is 6.70. The molecule has 2 aromatic rings. The smallest absolute Gasteiger partial charge is 0.247 e. The van der Waals surface area contributed by atoms with E-state index in [-0.39, 0.29) is 0 Å². The van der Waals surface area contributed by atoms with Crippen LogP contribution < -0.4 is 10.2 Å². The molecule has 1 fully saturated rings. The number of benzene rings is 1. The summed E-state index contributed by atoms with van der Waals surface area (Å²) >= 11 is 0. The largest absolute Gasteiger partial charge is 0.339 e. The highest BCUT2D eigenvalue weighted by molar-refractivity contribution is 5.58. The Morgan fingerprint density at radius 3 is 2.91 bits per heavy atom. The molecule has 0 amide bonds. The van der Waals surface area contributed by atoms with E-state index in [9.17, 15) is 0 Å². The second kappa shape index (κ2) is 6.39. The number of nitrogens with one attached hydrogen (secondary N) is 1. The monoisotopic (exact) mass is 294 g/mol. The third-order valence-corrected chi connectivity index (χ3v) is 3.88. The van der Waals surface area contributed by atoms with Gasteiger partial charge in [-0.05, 0) is 37.0 Å². The molecule has 0 aliphatic carbocycles. The predicted molar refractivity (Wildman–Crippen MR) is 84.9 cm³/mol. The molecule has 0 saturated carbocycles. The van der Waals surface area contributed by atoms with Gasteiger partial charge in [-0.25, -0.2) is 0 Å². The predicted octanol–water partition coefficient (Wildman–Crippen LogP) is 2.72.